The normalized spacial score (nSPS) is 23.0. The van der Waals surface area contributed by atoms with Crippen molar-refractivity contribution in [3.63, 3.8) is 0 Å². The number of ketones is 1. The van der Waals surface area contributed by atoms with Crippen LogP contribution in [0.25, 0.3) is 0 Å². The van der Waals surface area contributed by atoms with Gasteiger partial charge in [0.1, 0.15) is 15.1 Å². The molecule has 46 heavy (non-hydrogen) atoms. The standard InChI is InChI=1S/C32H24Cl2N6O4S2/c1-38-28(14-25(41)20-4-2-19(16-35)3-5-20)40(31(42)32(38,21-6-10-36-11-7-21)22-8-12-37-13-9-22)29-23-17-39(18-24(23)29)46(43,44)26-15-27(33)45-30(26)34/h2-15,23-24,29H,17-18H2,1H3/t23-,24-/m0/s1. The molecule has 3 aliphatic rings. The second-order valence-electron chi connectivity index (χ2n) is 11.3. The molecule has 0 unspecified atom stereocenters. The Morgan fingerprint density at radius 2 is 1.57 bits per heavy atom. The number of halogens is 2. The molecule has 1 amide bonds. The number of fused-ring (bicyclic) bond motifs is 1. The number of piperidine rings is 1. The number of carbonyl (C=O) groups is 2. The first-order valence-electron chi connectivity index (χ1n) is 14.2. The van der Waals surface area contributed by atoms with E-state index in [1.807, 2.05) is 6.07 Å². The second-order valence-corrected chi connectivity index (χ2v) is 15.5. The molecule has 2 saturated heterocycles. The van der Waals surface area contributed by atoms with Gasteiger partial charge in [0.05, 0.1) is 16.0 Å². The number of hydrogen-bond acceptors (Lipinski definition) is 9. The van der Waals surface area contributed by atoms with Crippen LogP contribution in [-0.2, 0) is 20.4 Å². The molecular formula is C32H24Cl2N6O4S2. The number of benzene rings is 1. The molecular weight excluding hydrogens is 667 g/mol. The first kappa shape index (κ1) is 30.5. The number of carbonyl (C=O) groups excluding carboxylic acids is 2. The number of allylic oxidation sites excluding steroid dienone is 1. The number of thiophene rings is 1. The molecule has 3 fully saturated rings. The number of nitriles is 1. The topological polar surface area (TPSA) is 128 Å². The van der Waals surface area contributed by atoms with Crippen LogP contribution in [0.3, 0.4) is 0 Å². The summed E-state index contributed by atoms with van der Waals surface area (Å²) in [7, 11) is -2.13. The lowest BCUT2D eigenvalue weighted by molar-refractivity contribution is -0.132. The summed E-state index contributed by atoms with van der Waals surface area (Å²) in [6, 6.07) is 16.4. The molecule has 10 nitrogen and oxygen atoms in total. The van der Waals surface area contributed by atoms with Crippen LogP contribution >= 0.6 is 34.5 Å². The summed E-state index contributed by atoms with van der Waals surface area (Å²) in [5.41, 5.74) is 0.729. The first-order chi connectivity index (χ1) is 22.1. The number of rotatable bonds is 7. The molecule has 0 spiro atoms. The van der Waals surface area contributed by atoms with Crippen LogP contribution in [0.4, 0.5) is 0 Å². The Balaban J connectivity index is 1.30. The third kappa shape index (κ3) is 4.65. The summed E-state index contributed by atoms with van der Waals surface area (Å²) in [5.74, 6) is -0.566. The minimum Gasteiger partial charge on any atom is -0.339 e. The van der Waals surface area contributed by atoms with Gasteiger partial charge in [-0.05, 0) is 65.7 Å². The van der Waals surface area contributed by atoms with Crippen molar-refractivity contribution in [3.05, 3.63) is 122 Å². The van der Waals surface area contributed by atoms with Gasteiger partial charge in [0.2, 0.25) is 10.0 Å². The van der Waals surface area contributed by atoms with Crippen molar-refractivity contribution >= 4 is 56.3 Å². The van der Waals surface area contributed by atoms with E-state index in [1.54, 1.807) is 90.2 Å². The number of likely N-dealkylation sites (N-methyl/N-ethyl adjacent to an activating group) is 1. The van der Waals surface area contributed by atoms with Gasteiger partial charge in [0.15, 0.2) is 11.3 Å². The van der Waals surface area contributed by atoms with E-state index in [0.29, 0.717) is 28.1 Å². The Bertz CT molecular complexity index is 2000. The molecule has 1 aromatic carbocycles. The highest BCUT2D eigenvalue weighted by molar-refractivity contribution is 7.89. The van der Waals surface area contributed by atoms with E-state index in [9.17, 15) is 18.5 Å². The predicted octanol–water partition coefficient (Wildman–Crippen LogP) is 4.78. The van der Waals surface area contributed by atoms with Crippen LogP contribution in [0.15, 0.2) is 96.2 Å². The lowest BCUT2D eigenvalue weighted by atomic mass is 9.82. The minimum atomic E-state index is -3.90. The molecule has 14 heteroatoms. The molecule has 1 aliphatic carbocycles. The Morgan fingerprint density at radius 1 is 1.00 bits per heavy atom. The molecule has 2 atom stereocenters. The molecule has 0 N–H and O–H groups in total. The summed E-state index contributed by atoms with van der Waals surface area (Å²) in [5, 5.41) is 9.20. The Morgan fingerprint density at radius 3 is 2.07 bits per heavy atom. The molecule has 5 heterocycles. The van der Waals surface area contributed by atoms with E-state index in [4.69, 9.17) is 23.2 Å². The van der Waals surface area contributed by atoms with Crippen LogP contribution in [0, 0.1) is 23.2 Å². The maximum absolute atomic E-state index is 15.0. The van der Waals surface area contributed by atoms with Crippen molar-refractivity contribution in [3.8, 4) is 6.07 Å². The van der Waals surface area contributed by atoms with Crippen LogP contribution in [-0.4, -0.2) is 70.4 Å². The lowest BCUT2D eigenvalue weighted by Crippen LogP contribution is -2.46. The Hall–Kier alpha value is -4.12. The van der Waals surface area contributed by atoms with Crippen LogP contribution in [0.2, 0.25) is 8.67 Å². The summed E-state index contributed by atoms with van der Waals surface area (Å²) in [6.07, 6.45) is 7.90. The number of hydrogen-bond donors (Lipinski definition) is 0. The molecule has 7 rings (SSSR count). The summed E-state index contributed by atoms with van der Waals surface area (Å²) < 4.78 is 28.7. The SMILES string of the molecule is CN1C(=CC(=O)c2ccc(C#N)cc2)N(C2[C@H]3CN(S(=O)(=O)c4cc(Cl)sc4Cl)C[C@H]23)C(=O)C1(c1ccncc1)c1ccncc1. The van der Waals surface area contributed by atoms with Crippen molar-refractivity contribution in [1.82, 2.24) is 24.1 Å². The van der Waals surface area contributed by atoms with Crippen LogP contribution < -0.4 is 0 Å². The average molecular weight is 692 g/mol. The van der Waals surface area contributed by atoms with Gasteiger partial charge in [-0.1, -0.05) is 23.2 Å². The zero-order valence-corrected chi connectivity index (χ0v) is 27.3. The monoisotopic (exact) mass is 690 g/mol. The summed E-state index contributed by atoms with van der Waals surface area (Å²) in [6.45, 7) is 0.368. The van der Waals surface area contributed by atoms with E-state index in [2.05, 4.69) is 9.97 Å². The largest absolute Gasteiger partial charge is 0.339 e. The third-order valence-corrected chi connectivity index (χ3v) is 12.6. The Labute approximate surface area is 279 Å². The third-order valence-electron chi connectivity index (χ3n) is 9.03. The number of sulfonamides is 1. The second kappa shape index (κ2) is 11.3. The van der Waals surface area contributed by atoms with Gasteiger partial charge >= 0.3 is 0 Å². The van der Waals surface area contributed by atoms with Gasteiger partial charge in [0, 0.05) is 74.4 Å². The number of nitrogens with zero attached hydrogens (tertiary/aromatic N) is 6. The molecule has 1 saturated carbocycles. The van der Waals surface area contributed by atoms with Crippen molar-refractivity contribution in [2.45, 2.75) is 16.5 Å². The summed E-state index contributed by atoms with van der Waals surface area (Å²) >= 11 is 13.3. The van der Waals surface area contributed by atoms with Gasteiger partial charge in [0.25, 0.3) is 5.91 Å². The zero-order valence-electron chi connectivity index (χ0n) is 24.1. The van der Waals surface area contributed by atoms with Crippen LogP contribution in [0.1, 0.15) is 27.0 Å². The fourth-order valence-corrected chi connectivity index (χ4v) is 10.4. The lowest BCUT2D eigenvalue weighted by Gasteiger charge is -2.35. The average Bonchev–Trinajstić information content (AvgIpc) is 3.31. The quantitative estimate of drug-likeness (QED) is 0.200. The van der Waals surface area contributed by atoms with E-state index in [1.165, 1.54) is 16.4 Å². The molecule has 4 aromatic rings. The highest BCUT2D eigenvalue weighted by atomic mass is 35.5. The smallest absolute Gasteiger partial charge is 0.263 e. The molecule has 232 valence electrons. The molecule has 0 bridgehead atoms. The first-order valence-corrected chi connectivity index (χ1v) is 17.2. The van der Waals surface area contributed by atoms with Crippen LogP contribution in [0.5, 0.6) is 0 Å². The van der Waals surface area contributed by atoms with E-state index in [0.717, 1.165) is 11.3 Å². The van der Waals surface area contributed by atoms with Gasteiger partial charge in [-0.15, -0.1) is 11.3 Å². The van der Waals surface area contributed by atoms with Gasteiger partial charge < -0.3 is 4.90 Å². The number of pyridine rings is 2. The fourth-order valence-electron chi connectivity index (χ4n) is 6.78. The van der Waals surface area contributed by atoms with Crippen molar-refractivity contribution in [2.24, 2.45) is 11.8 Å². The van der Waals surface area contributed by atoms with Crippen molar-refractivity contribution in [1.29, 1.82) is 5.26 Å². The predicted molar refractivity (Wildman–Crippen MR) is 171 cm³/mol. The van der Waals surface area contributed by atoms with E-state index >= 15 is 4.79 Å². The van der Waals surface area contributed by atoms with Crippen molar-refractivity contribution in [2.75, 3.05) is 20.1 Å². The van der Waals surface area contributed by atoms with Gasteiger partial charge in [-0.25, -0.2) is 8.42 Å². The highest BCUT2D eigenvalue weighted by Gasteiger charge is 2.67. The maximum Gasteiger partial charge on any atom is 0.263 e. The fraction of sp³-hybridized carbons (Fsp3) is 0.219. The maximum atomic E-state index is 15.0. The highest BCUT2D eigenvalue weighted by Crippen LogP contribution is 2.56. The van der Waals surface area contributed by atoms with E-state index < -0.39 is 15.6 Å². The zero-order chi connectivity index (χ0) is 32.4. The molecule has 3 aromatic heterocycles. The Kier molecular flexibility index (Phi) is 7.49. The van der Waals surface area contributed by atoms with Gasteiger partial charge in [-0.3, -0.25) is 24.5 Å². The van der Waals surface area contributed by atoms with Gasteiger partial charge in [-0.2, -0.15) is 9.57 Å². The number of aromatic nitrogens is 2. The molecule has 2 aliphatic heterocycles. The van der Waals surface area contributed by atoms with E-state index in [-0.39, 0.29) is 56.2 Å². The number of amides is 1. The minimum absolute atomic E-state index is 0.0259. The molecule has 0 radical (unpaired) electrons. The summed E-state index contributed by atoms with van der Waals surface area (Å²) in [4.78, 5) is 40.5. The van der Waals surface area contributed by atoms with Crippen molar-refractivity contribution < 1.29 is 18.0 Å².